The molecule has 0 saturated heterocycles. The smallest absolute Gasteiger partial charge is 0.224 e. The molecule has 2 N–H and O–H groups in total. The van der Waals surface area contributed by atoms with Gasteiger partial charge in [-0.3, -0.25) is 9.48 Å². The summed E-state index contributed by atoms with van der Waals surface area (Å²) >= 11 is 0. The third-order valence-electron chi connectivity index (χ3n) is 3.25. The zero-order chi connectivity index (χ0) is 15.4. The minimum absolute atomic E-state index is 0.0635. The number of halogens is 1. The van der Waals surface area contributed by atoms with Crippen molar-refractivity contribution in [3.05, 3.63) is 47.5 Å². The number of carbonyl (C=O) groups excluding carboxylic acids is 1. The molecule has 0 aliphatic rings. The monoisotopic (exact) mass is 291 g/mol. The lowest BCUT2D eigenvalue weighted by Gasteiger charge is -2.15. The van der Waals surface area contributed by atoms with E-state index >= 15 is 0 Å². The zero-order valence-corrected chi connectivity index (χ0v) is 12.0. The standard InChI is InChI=1S/C15H18FN3O2/c1-3-13(11-8-17-19(2)9-11)18-15(21)7-10-4-5-14(20)12(16)6-10/h4-6,8-9,13,20H,3,7H2,1-2H3,(H,18,21)/t13-/m0/s1. The highest BCUT2D eigenvalue weighted by molar-refractivity contribution is 5.79. The second kappa shape index (κ2) is 6.39. The zero-order valence-electron chi connectivity index (χ0n) is 12.0. The van der Waals surface area contributed by atoms with Crippen LogP contribution in [0.4, 0.5) is 4.39 Å². The van der Waals surface area contributed by atoms with Crippen molar-refractivity contribution in [2.24, 2.45) is 7.05 Å². The maximum Gasteiger partial charge on any atom is 0.224 e. The number of aryl methyl sites for hydroxylation is 1. The van der Waals surface area contributed by atoms with E-state index in [1.165, 1.54) is 18.2 Å². The van der Waals surface area contributed by atoms with Crippen LogP contribution in [0.5, 0.6) is 5.75 Å². The summed E-state index contributed by atoms with van der Waals surface area (Å²) in [4.78, 5) is 12.0. The van der Waals surface area contributed by atoms with Crippen molar-refractivity contribution in [3.63, 3.8) is 0 Å². The minimum atomic E-state index is -0.723. The summed E-state index contributed by atoms with van der Waals surface area (Å²) < 4.78 is 14.9. The van der Waals surface area contributed by atoms with E-state index < -0.39 is 11.6 Å². The van der Waals surface area contributed by atoms with Crippen molar-refractivity contribution in [2.75, 3.05) is 0 Å². The number of hydrogen-bond acceptors (Lipinski definition) is 3. The molecule has 5 nitrogen and oxygen atoms in total. The molecule has 0 unspecified atom stereocenters. The van der Waals surface area contributed by atoms with Crippen LogP contribution in [0.2, 0.25) is 0 Å². The first-order chi connectivity index (χ1) is 9.99. The Labute approximate surface area is 122 Å². The van der Waals surface area contributed by atoms with E-state index in [-0.39, 0.29) is 18.4 Å². The van der Waals surface area contributed by atoms with Crippen LogP contribution in [-0.4, -0.2) is 20.8 Å². The SMILES string of the molecule is CC[C@H](NC(=O)Cc1ccc(O)c(F)c1)c1cnn(C)c1. The maximum atomic E-state index is 13.2. The number of nitrogens with zero attached hydrogens (tertiary/aromatic N) is 2. The molecular formula is C15H18FN3O2. The van der Waals surface area contributed by atoms with Crippen molar-refractivity contribution >= 4 is 5.91 Å². The van der Waals surface area contributed by atoms with Gasteiger partial charge in [-0.1, -0.05) is 13.0 Å². The molecule has 2 rings (SSSR count). The largest absolute Gasteiger partial charge is 0.505 e. The molecule has 0 spiro atoms. The average Bonchev–Trinajstić information content (AvgIpc) is 2.87. The fourth-order valence-electron chi connectivity index (χ4n) is 2.13. The lowest BCUT2D eigenvalue weighted by molar-refractivity contribution is -0.121. The molecule has 1 atom stereocenters. The predicted octanol–water partition coefficient (Wildman–Crippen LogP) is 2.07. The van der Waals surface area contributed by atoms with Gasteiger partial charge in [0, 0.05) is 18.8 Å². The number of phenols is 1. The fourth-order valence-corrected chi connectivity index (χ4v) is 2.13. The number of phenolic OH excluding ortho intramolecular Hbond substituents is 1. The number of aromatic nitrogens is 2. The Hall–Kier alpha value is -2.37. The first-order valence-electron chi connectivity index (χ1n) is 6.75. The summed E-state index contributed by atoms with van der Waals surface area (Å²) in [5.41, 5.74) is 1.45. The Kier molecular flexibility index (Phi) is 4.57. The van der Waals surface area contributed by atoms with E-state index in [1.807, 2.05) is 20.2 Å². The molecule has 0 saturated carbocycles. The van der Waals surface area contributed by atoms with Crippen molar-refractivity contribution < 1.29 is 14.3 Å². The molecule has 1 aromatic carbocycles. The summed E-state index contributed by atoms with van der Waals surface area (Å²) in [6, 6.07) is 3.83. The van der Waals surface area contributed by atoms with Gasteiger partial charge in [-0.25, -0.2) is 4.39 Å². The second-order valence-corrected chi connectivity index (χ2v) is 4.94. The third kappa shape index (κ3) is 3.81. The molecule has 1 amide bonds. The van der Waals surface area contributed by atoms with Crippen molar-refractivity contribution in [3.8, 4) is 5.75 Å². The van der Waals surface area contributed by atoms with Crippen LogP contribution in [0, 0.1) is 5.82 Å². The van der Waals surface area contributed by atoms with Crippen molar-refractivity contribution in [1.29, 1.82) is 0 Å². The van der Waals surface area contributed by atoms with Gasteiger partial charge in [0.1, 0.15) is 0 Å². The fraction of sp³-hybridized carbons (Fsp3) is 0.333. The normalized spacial score (nSPS) is 12.1. The van der Waals surface area contributed by atoms with Gasteiger partial charge >= 0.3 is 0 Å². The van der Waals surface area contributed by atoms with E-state index in [0.717, 1.165) is 12.0 Å². The third-order valence-corrected chi connectivity index (χ3v) is 3.25. The van der Waals surface area contributed by atoms with Crippen LogP contribution in [0.15, 0.2) is 30.6 Å². The quantitative estimate of drug-likeness (QED) is 0.886. The number of amides is 1. The van der Waals surface area contributed by atoms with Crippen molar-refractivity contribution in [2.45, 2.75) is 25.8 Å². The Balaban J connectivity index is 2.01. The molecule has 1 aromatic heterocycles. The molecule has 0 radical (unpaired) electrons. The first-order valence-corrected chi connectivity index (χ1v) is 6.75. The van der Waals surface area contributed by atoms with Crippen LogP contribution in [0.3, 0.4) is 0 Å². The Bertz CT molecular complexity index is 640. The molecule has 0 fully saturated rings. The Morgan fingerprint density at radius 2 is 2.29 bits per heavy atom. The number of carbonyl (C=O) groups is 1. The summed E-state index contributed by atoms with van der Waals surface area (Å²) in [6.07, 6.45) is 4.37. The van der Waals surface area contributed by atoms with Gasteiger partial charge in [0.2, 0.25) is 5.91 Å². The van der Waals surface area contributed by atoms with Crippen molar-refractivity contribution in [1.82, 2.24) is 15.1 Å². The Morgan fingerprint density at radius 1 is 1.52 bits per heavy atom. The van der Waals surface area contributed by atoms with E-state index in [1.54, 1.807) is 10.9 Å². The van der Waals surface area contributed by atoms with Crippen LogP contribution < -0.4 is 5.32 Å². The van der Waals surface area contributed by atoms with Gasteiger partial charge in [0.05, 0.1) is 18.7 Å². The van der Waals surface area contributed by atoms with Gasteiger partial charge < -0.3 is 10.4 Å². The topological polar surface area (TPSA) is 67.2 Å². The predicted molar refractivity (Wildman–Crippen MR) is 76.2 cm³/mol. The number of hydrogen-bond donors (Lipinski definition) is 2. The molecule has 0 bridgehead atoms. The molecule has 1 heterocycles. The minimum Gasteiger partial charge on any atom is -0.505 e. The number of rotatable bonds is 5. The van der Waals surface area contributed by atoms with Crippen LogP contribution in [0.1, 0.15) is 30.5 Å². The Morgan fingerprint density at radius 3 is 2.86 bits per heavy atom. The summed E-state index contributed by atoms with van der Waals surface area (Å²) in [5.74, 6) is -1.34. The lowest BCUT2D eigenvalue weighted by atomic mass is 10.1. The molecule has 0 aliphatic carbocycles. The molecule has 0 aliphatic heterocycles. The van der Waals surface area contributed by atoms with Gasteiger partial charge in [-0.05, 0) is 24.1 Å². The van der Waals surface area contributed by atoms with E-state index in [2.05, 4.69) is 10.4 Å². The lowest BCUT2D eigenvalue weighted by Crippen LogP contribution is -2.29. The van der Waals surface area contributed by atoms with Crippen LogP contribution in [0.25, 0.3) is 0 Å². The highest BCUT2D eigenvalue weighted by Crippen LogP contribution is 2.18. The molecular weight excluding hydrogens is 273 g/mol. The van der Waals surface area contributed by atoms with Gasteiger partial charge in [0.25, 0.3) is 0 Å². The van der Waals surface area contributed by atoms with E-state index in [0.29, 0.717) is 5.56 Å². The van der Waals surface area contributed by atoms with E-state index in [9.17, 15) is 9.18 Å². The summed E-state index contributed by atoms with van der Waals surface area (Å²) in [5, 5.41) is 16.1. The highest BCUT2D eigenvalue weighted by atomic mass is 19.1. The maximum absolute atomic E-state index is 13.2. The molecule has 6 heteroatoms. The van der Waals surface area contributed by atoms with Gasteiger partial charge in [-0.15, -0.1) is 0 Å². The summed E-state index contributed by atoms with van der Waals surface area (Å²) in [7, 11) is 1.82. The summed E-state index contributed by atoms with van der Waals surface area (Å²) in [6.45, 7) is 1.97. The molecule has 2 aromatic rings. The number of benzene rings is 1. The molecule has 112 valence electrons. The van der Waals surface area contributed by atoms with Gasteiger partial charge in [0.15, 0.2) is 11.6 Å². The molecule has 21 heavy (non-hydrogen) atoms. The second-order valence-electron chi connectivity index (χ2n) is 4.94. The average molecular weight is 291 g/mol. The highest BCUT2D eigenvalue weighted by Gasteiger charge is 2.15. The number of aromatic hydroxyl groups is 1. The van der Waals surface area contributed by atoms with Crippen LogP contribution >= 0.6 is 0 Å². The first kappa shape index (κ1) is 15.0. The van der Waals surface area contributed by atoms with E-state index in [4.69, 9.17) is 5.11 Å². The number of nitrogens with one attached hydrogen (secondary N) is 1. The van der Waals surface area contributed by atoms with Crippen LogP contribution in [-0.2, 0) is 18.3 Å². The van der Waals surface area contributed by atoms with Gasteiger partial charge in [-0.2, -0.15) is 5.10 Å².